The third kappa shape index (κ3) is 4.56. The second kappa shape index (κ2) is 7.40. The van der Waals surface area contributed by atoms with Gasteiger partial charge >= 0.3 is 6.03 Å². The van der Waals surface area contributed by atoms with Crippen LogP contribution in [0.4, 0.5) is 4.79 Å². The van der Waals surface area contributed by atoms with Crippen LogP contribution in [0.5, 0.6) is 0 Å². The molecule has 0 aromatic carbocycles. The zero-order chi connectivity index (χ0) is 16.1. The van der Waals surface area contributed by atoms with Crippen LogP contribution in [-0.4, -0.2) is 27.1 Å². The fourth-order valence-corrected chi connectivity index (χ4v) is 2.97. The Kier molecular flexibility index (Phi) is 5.54. The summed E-state index contributed by atoms with van der Waals surface area (Å²) in [7, 11) is 0. The largest absolute Gasteiger partial charge is 0.338 e. The summed E-state index contributed by atoms with van der Waals surface area (Å²) in [6, 6.07) is -0.153. The van der Waals surface area contributed by atoms with Crippen molar-refractivity contribution in [3.8, 4) is 0 Å². The molecular formula is C15H23N5OS. The van der Waals surface area contributed by atoms with Crippen molar-refractivity contribution >= 4 is 17.4 Å². The van der Waals surface area contributed by atoms with E-state index >= 15 is 0 Å². The Bertz CT molecular complexity index is 614. The summed E-state index contributed by atoms with van der Waals surface area (Å²) < 4.78 is 2.09. The molecule has 0 aliphatic heterocycles. The summed E-state index contributed by atoms with van der Waals surface area (Å²) in [6.07, 6.45) is 3.75. The predicted molar refractivity (Wildman–Crippen MR) is 88.0 cm³/mol. The van der Waals surface area contributed by atoms with Crippen LogP contribution in [0.25, 0.3) is 0 Å². The number of nitrogens with one attached hydrogen (secondary N) is 2. The van der Waals surface area contributed by atoms with Crippen LogP contribution in [0.1, 0.15) is 28.3 Å². The van der Waals surface area contributed by atoms with Crippen LogP contribution in [0.2, 0.25) is 0 Å². The van der Waals surface area contributed by atoms with Crippen LogP contribution in [-0.2, 0) is 13.1 Å². The first-order valence-electron chi connectivity index (χ1n) is 7.38. The van der Waals surface area contributed by atoms with Crippen molar-refractivity contribution < 1.29 is 4.79 Å². The number of aryl methyl sites for hydroxylation is 3. The van der Waals surface area contributed by atoms with E-state index < -0.39 is 0 Å². The van der Waals surface area contributed by atoms with Crippen LogP contribution in [0.3, 0.4) is 0 Å². The van der Waals surface area contributed by atoms with Crippen molar-refractivity contribution in [3.63, 3.8) is 0 Å². The van der Waals surface area contributed by atoms with E-state index in [1.807, 2.05) is 27.0 Å². The van der Waals surface area contributed by atoms with E-state index in [0.717, 1.165) is 23.1 Å². The van der Waals surface area contributed by atoms with Gasteiger partial charge in [-0.05, 0) is 26.7 Å². The number of carbonyl (C=O) groups is 1. The van der Waals surface area contributed by atoms with Crippen molar-refractivity contribution in [1.29, 1.82) is 0 Å². The molecule has 0 aliphatic rings. The molecule has 2 N–H and O–H groups in total. The first kappa shape index (κ1) is 16.5. The Morgan fingerprint density at radius 3 is 2.73 bits per heavy atom. The lowest BCUT2D eigenvalue weighted by molar-refractivity contribution is 0.238. The summed E-state index contributed by atoms with van der Waals surface area (Å²) in [5.41, 5.74) is 1.03. The van der Waals surface area contributed by atoms with Crippen LogP contribution < -0.4 is 10.6 Å². The van der Waals surface area contributed by atoms with Gasteiger partial charge in [-0.3, -0.25) is 0 Å². The minimum Gasteiger partial charge on any atom is -0.338 e. The average Bonchev–Trinajstić information content (AvgIpc) is 3.01. The highest BCUT2D eigenvalue weighted by Gasteiger charge is 2.09. The second-order valence-electron chi connectivity index (χ2n) is 5.54. The molecule has 1 atom stereocenters. The molecule has 0 radical (unpaired) electrons. The van der Waals surface area contributed by atoms with E-state index in [1.165, 1.54) is 4.88 Å². The average molecular weight is 321 g/mol. The van der Waals surface area contributed by atoms with Gasteiger partial charge in [-0.1, -0.05) is 6.92 Å². The highest BCUT2D eigenvalue weighted by atomic mass is 32.1. The van der Waals surface area contributed by atoms with Crippen molar-refractivity contribution in [2.75, 3.05) is 6.54 Å². The SMILES string of the molecule is Cc1nc(CNC(=O)NCC(C)Cn2ccnc2C)sc1C. The number of thiazole rings is 1. The molecule has 2 amide bonds. The van der Waals surface area contributed by atoms with E-state index in [2.05, 4.69) is 32.1 Å². The molecular weight excluding hydrogens is 298 g/mol. The Labute approximate surface area is 135 Å². The molecule has 2 heterocycles. The number of urea groups is 1. The molecule has 0 saturated carbocycles. The molecule has 2 rings (SSSR count). The standard InChI is InChI=1S/C15H23N5OS/c1-10(9-20-6-5-16-13(20)4)7-17-15(21)18-8-14-19-11(2)12(3)22-14/h5-6,10H,7-9H2,1-4H3,(H2,17,18,21). The molecule has 0 spiro atoms. The molecule has 22 heavy (non-hydrogen) atoms. The Balaban J connectivity index is 1.70. The van der Waals surface area contributed by atoms with Crippen molar-refractivity contribution in [3.05, 3.63) is 33.8 Å². The second-order valence-corrected chi connectivity index (χ2v) is 6.83. The van der Waals surface area contributed by atoms with Gasteiger partial charge in [-0.25, -0.2) is 14.8 Å². The number of imidazole rings is 1. The van der Waals surface area contributed by atoms with Crippen molar-refractivity contribution in [2.24, 2.45) is 5.92 Å². The summed E-state index contributed by atoms with van der Waals surface area (Å²) in [6.45, 7) is 10.0. The fourth-order valence-electron chi connectivity index (χ4n) is 2.10. The number of carbonyl (C=O) groups excluding carboxylic acids is 1. The highest BCUT2D eigenvalue weighted by Crippen LogP contribution is 2.15. The molecule has 1 unspecified atom stereocenters. The number of rotatable bonds is 6. The van der Waals surface area contributed by atoms with Crippen LogP contribution >= 0.6 is 11.3 Å². The minimum atomic E-state index is -0.153. The van der Waals surface area contributed by atoms with Gasteiger partial charge in [0.05, 0.1) is 12.2 Å². The van der Waals surface area contributed by atoms with Crippen LogP contribution in [0, 0.1) is 26.7 Å². The number of aromatic nitrogens is 3. The molecule has 0 aliphatic carbocycles. The zero-order valence-electron chi connectivity index (χ0n) is 13.5. The van der Waals surface area contributed by atoms with E-state index in [0.29, 0.717) is 19.0 Å². The Morgan fingerprint density at radius 1 is 1.36 bits per heavy atom. The normalized spacial score (nSPS) is 12.2. The first-order chi connectivity index (χ1) is 10.5. The molecule has 2 aromatic rings. The van der Waals surface area contributed by atoms with Gasteiger partial charge in [-0.2, -0.15) is 0 Å². The lowest BCUT2D eigenvalue weighted by atomic mass is 10.2. The smallest absolute Gasteiger partial charge is 0.315 e. The topological polar surface area (TPSA) is 71.8 Å². The number of hydrogen-bond donors (Lipinski definition) is 2. The first-order valence-corrected chi connectivity index (χ1v) is 8.19. The number of hydrogen-bond acceptors (Lipinski definition) is 4. The summed E-state index contributed by atoms with van der Waals surface area (Å²) in [4.78, 5) is 21.6. The fraction of sp³-hybridized carbons (Fsp3) is 0.533. The monoisotopic (exact) mass is 321 g/mol. The molecule has 120 valence electrons. The molecule has 0 bridgehead atoms. The maximum atomic E-state index is 11.8. The van der Waals surface area contributed by atoms with Gasteiger partial charge in [-0.15, -0.1) is 11.3 Å². The zero-order valence-corrected chi connectivity index (χ0v) is 14.3. The molecule has 0 saturated heterocycles. The summed E-state index contributed by atoms with van der Waals surface area (Å²) >= 11 is 1.62. The lowest BCUT2D eigenvalue weighted by Gasteiger charge is -2.14. The van der Waals surface area contributed by atoms with Crippen molar-refractivity contribution in [1.82, 2.24) is 25.2 Å². The Hall–Kier alpha value is -1.89. The molecule has 0 fully saturated rings. The van der Waals surface area contributed by atoms with E-state index in [-0.39, 0.29) is 6.03 Å². The molecule has 6 nitrogen and oxygen atoms in total. The minimum absolute atomic E-state index is 0.153. The van der Waals surface area contributed by atoms with E-state index in [1.54, 1.807) is 17.5 Å². The number of nitrogens with zero attached hydrogens (tertiary/aromatic N) is 3. The van der Waals surface area contributed by atoms with E-state index in [4.69, 9.17) is 0 Å². The third-order valence-corrected chi connectivity index (χ3v) is 4.59. The van der Waals surface area contributed by atoms with Gasteiger partial charge in [0.15, 0.2) is 0 Å². The van der Waals surface area contributed by atoms with Gasteiger partial charge in [0.2, 0.25) is 0 Å². The van der Waals surface area contributed by atoms with Gasteiger partial charge in [0.25, 0.3) is 0 Å². The molecule has 2 aromatic heterocycles. The van der Waals surface area contributed by atoms with Crippen molar-refractivity contribution in [2.45, 2.75) is 40.8 Å². The van der Waals surface area contributed by atoms with Gasteiger partial charge < -0.3 is 15.2 Å². The quantitative estimate of drug-likeness (QED) is 0.858. The van der Waals surface area contributed by atoms with Gasteiger partial charge in [0, 0.05) is 30.4 Å². The predicted octanol–water partition coefficient (Wildman–Crippen LogP) is 2.40. The number of amides is 2. The molecule has 7 heteroatoms. The maximum absolute atomic E-state index is 11.8. The lowest BCUT2D eigenvalue weighted by Crippen LogP contribution is -2.38. The Morgan fingerprint density at radius 2 is 2.14 bits per heavy atom. The third-order valence-electron chi connectivity index (χ3n) is 3.52. The highest BCUT2D eigenvalue weighted by molar-refractivity contribution is 7.11. The van der Waals surface area contributed by atoms with E-state index in [9.17, 15) is 4.79 Å². The summed E-state index contributed by atoms with van der Waals surface area (Å²) in [5.74, 6) is 1.33. The van der Waals surface area contributed by atoms with Gasteiger partial charge in [0.1, 0.15) is 10.8 Å². The van der Waals surface area contributed by atoms with Crippen LogP contribution in [0.15, 0.2) is 12.4 Å². The summed E-state index contributed by atoms with van der Waals surface area (Å²) in [5, 5.41) is 6.68. The maximum Gasteiger partial charge on any atom is 0.315 e.